The lowest BCUT2D eigenvalue weighted by Gasteiger charge is -2.40. The Kier molecular flexibility index (Phi) is 4.26. The van der Waals surface area contributed by atoms with Gasteiger partial charge in [0.1, 0.15) is 17.4 Å². The molecule has 0 bridgehead atoms. The lowest BCUT2D eigenvalue weighted by Crippen LogP contribution is -2.39. The van der Waals surface area contributed by atoms with E-state index in [4.69, 9.17) is 5.73 Å². The molecule has 0 saturated heterocycles. The number of carbonyl (C=O) groups is 1. The second-order valence-electron chi connectivity index (χ2n) is 8.32. The number of carbonyl (C=O) groups excluding carboxylic acids is 1. The molecule has 0 saturated carbocycles. The molecule has 4 N–H and O–H groups in total. The number of ketones is 1. The van der Waals surface area contributed by atoms with Crippen LogP contribution in [0.3, 0.4) is 0 Å². The van der Waals surface area contributed by atoms with Crippen LogP contribution in [0.15, 0.2) is 65.6 Å². The molecule has 1 heterocycles. The van der Waals surface area contributed by atoms with E-state index in [0.29, 0.717) is 17.8 Å². The van der Waals surface area contributed by atoms with E-state index < -0.39 is 0 Å². The molecule has 2 aromatic carbocycles. The number of dihydropyridines is 1. The lowest BCUT2D eigenvalue weighted by molar-refractivity contribution is -0.118. The van der Waals surface area contributed by atoms with E-state index >= 15 is 0 Å². The highest BCUT2D eigenvalue weighted by Gasteiger charge is 2.41. The van der Waals surface area contributed by atoms with E-state index in [1.165, 1.54) is 12.1 Å². The van der Waals surface area contributed by atoms with Crippen molar-refractivity contribution in [3.05, 3.63) is 82.6 Å². The summed E-state index contributed by atoms with van der Waals surface area (Å²) in [7, 11) is 0. The van der Waals surface area contributed by atoms with Crippen molar-refractivity contribution in [2.24, 2.45) is 11.1 Å². The van der Waals surface area contributed by atoms with Gasteiger partial charge in [-0.05, 0) is 47.2 Å². The molecule has 28 heavy (non-hydrogen) atoms. The summed E-state index contributed by atoms with van der Waals surface area (Å²) in [4.78, 5) is 13.2. The van der Waals surface area contributed by atoms with Crippen molar-refractivity contribution in [1.29, 1.82) is 0 Å². The highest BCUT2D eigenvalue weighted by atomic mass is 19.1. The molecule has 2 aromatic rings. The third-order valence-corrected chi connectivity index (χ3v) is 5.45. The molecule has 1 aliphatic heterocycles. The van der Waals surface area contributed by atoms with Crippen molar-refractivity contribution < 1.29 is 14.3 Å². The van der Waals surface area contributed by atoms with Crippen molar-refractivity contribution in [3.8, 4) is 5.75 Å². The average molecular weight is 378 g/mol. The molecule has 1 aliphatic carbocycles. The Morgan fingerprint density at radius 1 is 1.04 bits per heavy atom. The highest BCUT2D eigenvalue weighted by Crippen LogP contribution is 2.48. The van der Waals surface area contributed by atoms with Crippen LogP contribution in [0.2, 0.25) is 0 Å². The molecule has 2 aliphatic rings. The molecular formula is C23H23FN2O2. The normalized spacial score (nSPS) is 21.4. The van der Waals surface area contributed by atoms with Gasteiger partial charge in [0.25, 0.3) is 0 Å². The number of rotatable bonds is 2. The van der Waals surface area contributed by atoms with Crippen LogP contribution >= 0.6 is 0 Å². The Morgan fingerprint density at radius 3 is 2.32 bits per heavy atom. The van der Waals surface area contributed by atoms with Gasteiger partial charge in [0, 0.05) is 29.2 Å². The van der Waals surface area contributed by atoms with E-state index in [9.17, 15) is 14.3 Å². The van der Waals surface area contributed by atoms with Crippen LogP contribution in [0.4, 0.5) is 4.39 Å². The monoisotopic (exact) mass is 378 g/mol. The summed E-state index contributed by atoms with van der Waals surface area (Å²) in [6.45, 7) is 4.14. The fourth-order valence-corrected chi connectivity index (χ4v) is 4.26. The Balaban J connectivity index is 1.91. The minimum Gasteiger partial charge on any atom is -0.508 e. The lowest BCUT2D eigenvalue weighted by atomic mass is 9.68. The third-order valence-electron chi connectivity index (χ3n) is 5.45. The first-order valence-electron chi connectivity index (χ1n) is 9.33. The number of halogens is 1. The largest absolute Gasteiger partial charge is 0.508 e. The molecule has 0 aromatic heterocycles. The number of hydrogen-bond acceptors (Lipinski definition) is 4. The minimum absolute atomic E-state index is 0.0870. The van der Waals surface area contributed by atoms with Crippen molar-refractivity contribution >= 4 is 11.4 Å². The Bertz CT molecular complexity index is 1000. The number of Topliss-reactive ketones (excluding diaryl/α,β-unsaturated/α-hetero) is 1. The average Bonchev–Trinajstić information content (AvgIpc) is 2.61. The van der Waals surface area contributed by atoms with Gasteiger partial charge in [0.2, 0.25) is 0 Å². The van der Waals surface area contributed by atoms with Crippen LogP contribution in [0, 0.1) is 11.2 Å². The zero-order chi connectivity index (χ0) is 20.1. The second-order valence-corrected chi connectivity index (χ2v) is 8.32. The Morgan fingerprint density at radius 2 is 1.68 bits per heavy atom. The number of allylic oxidation sites excluding steroid dienone is 3. The number of benzene rings is 2. The van der Waals surface area contributed by atoms with E-state index in [2.05, 4.69) is 19.2 Å². The summed E-state index contributed by atoms with van der Waals surface area (Å²) in [5.41, 5.74) is 10.2. The smallest absolute Gasteiger partial charge is 0.162 e. The number of nitrogens with one attached hydrogen (secondary N) is 1. The van der Waals surface area contributed by atoms with Crippen molar-refractivity contribution in [3.63, 3.8) is 0 Å². The number of phenolic OH excluding ortho intramolecular Hbond substituents is 1. The maximum absolute atomic E-state index is 13.5. The predicted octanol–water partition coefficient (Wildman–Crippen LogP) is 4.19. The summed E-state index contributed by atoms with van der Waals surface area (Å²) >= 11 is 0. The van der Waals surface area contributed by atoms with Gasteiger partial charge in [-0.2, -0.15) is 0 Å². The highest BCUT2D eigenvalue weighted by molar-refractivity contribution is 6.03. The summed E-state index contributed by atoms with van der Waals surface area (Å²) in [6.07, 6.45) is 1.18. The zero-order valence-electron chi connectivity index (χ0n) is 15.9. The SMILES string of the molecule is CC1(C)CC(=O)C2=C(C1)NC(N)=C(c1ccc(F)cc1)C2c1ccc(O)cc1. The van der Waals surface area contributed by atoms with Gasteiger partial charge in [-0.25, -0.2) is 4.39 Å². The fraction of sp³-hybridized carbons (Fsp3) is 0.261. The Hall–Kier alpha value is -3.08. The van der Waals surface area contributed by atoms with E-state index in [1.807, 2.05) is 0 Å². The van der Waals surface area contributed by atoms with Crippen molar-refractivity contribution in [1.82, 2.24) is 5.32 Å². The molecular weight excluding hydrogens is 355 g/mol. The molecule has 0 spiro atoms. The molecule has 5 heteroatoms. The quantitative estimate of drug-likeness (QED) is 0.732. The molecule has 1 unspecified atom stereocenters. The first kappa shape index (κ1) is 18.3. The van der Waals surface area contributed by atoms with Crippen LogP contribution in [-0.4, -0.2) is 10.9 Å². The van der Waals surface area contributed by atoms with Crippen molar-refractivity contribution in [2.45, 2.75) is 32.6 Å². The van der Waals surface area contributed by atoms with Crippen LogP contribution in [-0.2, 0) is 4.79 Å². The summed E-state index contributed by atoms with van der Waals surface area (Å²) in [5.74, 6) is 0.00956. The zero-order valence-corrected chi connectivity index (χ0v) is 15.9. The van der Waals surface area contributed by atoms with Gasteiger partial charge in [0.15, 0.2) is 5.78 Å². The van der Waals surface area contributed by atoms with E-state index in [0.717, 1.165) is 28.8 Å². The molecule has 144 valence electrons. The number of nitrogens with two attached hydrogens (primary N) is 1. The van der Waals surface area contributed by atoms with Gasteiger partial charge >= 0.3 is 0 Å². The van der Waals surface area contributed by atoms with Gasteiger partial charge in [-0.1, -0.05) is 38.1 Å². The maximum atomic E-state index is 13.5. The number of phenols is 1. The first-order valence-corrected chi connectivity index (χ1v) is 9.33. The number of hydrogen-bond donors (Lipinski definition) is 3. The fourth-order valence-electron chi connectivity index (χ4n) is 4.26. The first-order chi connectivity index (χ1) is 13.2. The summed E-state index contributed by atoms with van der Waals surface area (Å²) in [6, 6.07) is 12.9. The van der Waals surface area contributed by atoms with E-state index in [1.54, 1.807) is 36.4 Å². The van der Waals surface area contributed by atoms with Crippen LogP contribution in [0.5, 0.6) is 5.75 Å². The molecule has 0 radical (unpaired) electrons. The second kappa shape index (κ2) is 6.51. The van der Waals surface area contributed by atoms with Crippen molar-refractivity contribution in [2.75, 3.05) is 0 Å². The van der Waals surface area contributed by atoms with Gasteiger partial charge < -0.3 is 16.2 Å². The number of aromatic hydroxyl groups is 1. The maximum Gasteiger partial charge on any atom is 0.162 e. The van der Waals surface area contributed by atoms with Gasteiger partial charge in [-0.15, -0.1) is 0 Å². The van der Waals surface area contributed by atoms with E-state index in [-0.39, 0.29) is 28.7 Å². The standard InChI is InChI=1S/C23H23FN2O2/c1-23(2)11-17-21(18(28)12-23)19(13-5-9-16(27)10-6-13)20(22(25)26-17)14-3-7-15(24)8-4-14/h3-10,19,26-27H,11-12,25H2,1-2H3. The van der Waals surface area contributed by atoms with Gasteiger partial charge in [0.05, 0.1) is 0 Å². The molecule has 0 fully saturated rings. The molecule has 0 amide bonds. The molecule has 1 atom stereocenters. The third kappa shape index (κ3) is 3.17. The summed E-state index contributed by atoms with van der Waals surface area (Å²) < 4.78 is 13.5. The molecule has 4 rings (SSSR count). The van der Waals surface area contributed by atoms with Crippen LogP contribution < -0.4 is 11.1 Å². The van der Waals surface area contributed by atoms with Crippen LogP contribution in [0.1, 0.15) is 43.7 Å². The topological polar surface area (TPSA) is 75.4 Å². The predicted molar refractivity (Wildman–Crippen MR) is 107 cm³/mol. The molecule has 4 nitrogen and oxygen atoms in total. The van der Waals surface area contributed by atoms with Crippen LogP contribution in [0.25, 0.3) is 5.57 Å². The summed E-state index contributed by atoms with van der Waals surface area (Å²) in [5, 5.41) is 13.0. The van der Waals surface area contributed by atoms with Gasteiger partial charge in [-0.3, -0.25) is 4.79 Å². The minimum atomic E-state index is -0.370. The Labute approximate surface area is 163 Å².